The molecule has 1 heterocycles. The van der Waals surface area contributed by atoms with Gasteiger partial charge in [0, 0.05) is 29.3 Å². The van der Waals surface area contributed by atoms with E-state index in [1.165, 1.54) is 30.5 Å². The Morgan fingerprint density at radius 3 is 2.83 bits per heavy atom. The van der Waals surface area contributed by atoms with E-state index >= 15 is 0 Å². The lowest BCUT2D eigenvalue weighted by atomic mass is 10.1. The average molecular weight is 267 g/mol. The second-order valence-corrected chi connectivity index (χ2v) is 5.64. The second-order valence-electron chi connectivity index (χ2n) is 5.20. The summed E-state index contributed by atoms with van der Waals surface area (Å²) < 4.78 is 0. The molecule has 2 nitrogen and oxygen atoms in total. The maximum absolute atomic E-state index is 6.19. The van der Waals surface area contributed by atoms with Crippen molar-refractivity contribution < 1.29 is 0 Å². The molecule has 1 fully saturated rings. The molecule has 0 radical (unpaired) electrons. The lowest BCUT2D eigenvalue weighted by molar-refractivity contribution is 0.623. The van der Waals surface area contributed by atoms with Gasteiger partial charge in [-0.25, -0.2) is 0 Å². The summed E-state index contributed by atoms with van der Waals surface area (Å²) in [6.07, 6.45) is 3.78. The Labute approximate surface area is 115 Å². The average Bonchev–Trinajstić information content (AvgIpc) is 2.73. The summed E-state index contributed by atoms with van der Waals surface area (Å²) >= 11 is 6.19. The molecule has 1 N–H and O–H groups in total. The Hall–Kier alpha value is -0.730. The van der Waals surface area contributed by atoms with Crippen LogP contribution in [0.4, 0.5) is 5.69 Å². The van der Waals surface area contributed by atoms with Crippen LogP contribution in [0.1, 0.15) is 38.7 Å². The van der Waals surface area contributed by atoms with Crippen LogP contribution < -0.4 is 10.2 Å². The van der Waals surface area contributed by atoms with Gasteiger partial charge < -0.3 is 10.2 Å². The molecule has 0 amide bonds. The van der Waals surface area contributed by atoms with Crippen molar-refractivity contribution in [2.45, 2.75) is 51.7 Å². The van der Waals surface area contributed by atoms with Crippen molar-refractivity contribution in [1.29, 1.82) is 0 Å². The fraction of sp³-hybridized carbons (Fsp3) is 0.600. The van der Waals surface area contributed by atoms with Crippen LogP contribution in [0.25, 0.3) is 0 Å². The molecule has 3 heteroatoms. The fourth-order valence-electron chi connectivity index (χ4n) is 3.02. The lowest BCUT2D eigenvalue weighted by Gasteiger charge is -2.32. The number of halogens is 1. The summed E-state index contributed by atoms with van der Waals surface area (Å²) in [5.41, 5.74) is 2.66. The van der Waals surface area contributed by atoms with Gasteiger partial charge in [0.1, 0.15) is 0 Å². The Bertz CT molecular complexity index is 405. The van der Waals surface area contributed by atoms with Crippen LogP contribution in [0.15, 0.2) is 18.2 Å². The Morgan fingerprint density at radius 1 is 1.39 bits per heavy atom. The molecule has 100 valence electrons. The molecule has 1 aromatic carbocycles. The third-order valence-corrected chi connectivity index (χ3v) is 4.19. The molecule has 1 aliphatic heterocycles. The largest absolute Gasteiger partial charge is 0.366 e. The lowest BCUT2D eigenvalue weighted by Crippen LogP contribution is -2.35. The van der Waals surface area contributed by atoms with E-state index in [9.17, 15) is 0 Å². The number of nitrogens with one attached hydrogen (secondary N) is 1. The van der Waals surface area contributed by atoms with Crippen LogP contribution in [0.5, 0.6) is 0 Å². The summed E-state index contributed by atoms with van der Waals surface area (Å²) in [7, 11) is 1.99. The summed E-state index contributed by atoms with van der Waals surface area (Å²) in [4.78, 5) is 2.57. The monoisotopic (exact) mass is 266 g/mol. The van der Waals surface area contributed by atoms with E-state index in [2.05, 4.69) is 36.2 Å². The van der Waals surface area contributed by atoms with E-state index in [1.54, 1.807) is 0 Å². The predicted octanol–water partition coefficient (Wildman–Crippen LogP) is 3.83. The van der Waals surface area contributed by atoms with Crippen molar-refractivity contribution in [2.24, 2.45) is 0 Å². The molecule has 2 atom stereocenters. The number of rotatable bonds is 4. The van der Waals surface area contributed by atoms with Crippen molar-refractivity contribution in [3.8, 4) is 0 Å². The molecule has 2 unspecified atom stereocenters. The first-order chi connectivity index (χ1) is 8.67. The molecule has 0 saturated carbocycles. The molecule has 0 aromatic heterocycles. The SMILES string of the molecule is CCC1CCC(C)N1c1cc(Cl)ccc1CNC. The standard InChI is InChI=1S/C15H23ClN2/c1-4-14-8-5-11(2)18(14)15-9-13(16)7-6-12(15)10-17-3/h6-7,9,11,14,17H,4-5,8,10H2,1-3H3. The second kappa shape index (κ2) is 5.94. The number of hydrogen-bond acceptors (Lipinski definition) is 2. The van der Waals surface area contributed by atoms with Gasteiger partial charge in [-0.1, -0.05) is 24.6 Å². The van der Waals surface area contributed by atoms with E-state index < -0.39 is 0 Å². The number of benzene rings is 1. The quantitative estimate of drug-likeness (QED) is 0.891. The predicted molar refractivity (Wildman–Crippen MR) is 79.5 cm³/mol. The molecule has 1 saturated heterocycles. The minimum atomic E-state index is 0.615. The van der Waals surface area contributed by atoms with E-state index in [1.807, 2.05) is 13.1 Å². The van der Waals surface area contributed by atoms with Crippen molar-refractivity contribution in [3.63, 3.8) is 0 Å². The first-order valence-electron chi connectivity index (χ1n) is 6.88. The van der Waals surface area contributed by atoms with Crippen LogP contribution in [0.3, 0.4) is 0 Å². The molecule has 0 bridgehead atoms. The Kier molecular flexibility index (Phi) is 4.52. The Morgan fingerprint density at radius 2 is 2.17 bits per heavy atom. The third kappa shape index (κ3) is 2.65. The maximum Gasteiger partial charge on any atom is 0.0431 e. The van der Waals surface area contributed by atoms with Crippen LogP contribution in [0.2, 0.25) is 5.02 Å². The van der Waals surface area contributed by atoms with Crippen molar-refractivity contribution in [2.75, 3.05) is 11.9 Å². The van der Waals surface area contributed by atoms with E-state index in [4.69, 9.17) is 11.6 Å². The van der Waals surface area contributed by atoms with E-state index in [-0.39, 0.29) is 0 Å². The normalized spacial score (nSPS) is 23.7. The van der Waals surface area contributed by atoms with Crippen LogP contribution >= 0.6 is 11.6 Å². The zero-order chi connectivity index (χ0) is 13.1. The highest BCUT2D eigenvalue weighted by atomic mass is 35.5. The zero-order valence-corrected chi connectivity index (χ0v) is 12.3. The molecule has 1 aliphatic rings. The minimum Gasteiger partial charge on any atom is -0.366 e. The van der Waals surface area contributed by atoms with Gasteiger partial charge in [-0.2, -0.15) is 0 Å². The van der Waals surface area contributed by atoms with Gasteiger partial charge in [-0.3, -0.25) is 0 Å². The van der Waals surface area contributed by atoms with Gasteiger partial charge in [-0.05, 0) is 50.9 Å². The molecule has 2 rings (SSSR count). The van der Waals surface area contributed by atoms with E-state index in [0.29, 0.717) is 12.1 Å². The fourth-order valence-corrected chi connectivity index (χ4v) is 3.19. The van der Waals surface area contributed by atoms with Gasteiger partial charge in [0.15, 0.2) is 0 Å². The number of nitrogens with zero attached hydrogens (tertiary/aromatic N) is 1. The smallest absolute Gasteiger partial charge is 0.0431 e. The summed E-state index contributed by atoms with van der Waals surface area (Å²) in [6.45, 7) is 5.49. The highest BCUT2D eigenvalue weighted by Gasteiger charge is 2.30. The number of anilines is 1. The van der Waals surface area contributed by atoms with Crippen molar-refractivity contribution in [3.05, 3.63) is 28.8 Å². The highest BCUT2D eigenvalue weighted by molar-refractivity contribution is 6.30. The molecular formula is C15H23ClN2. The molecule has 18 heavy (non-hydrogen) atoms. The number of hydrogen-bond donors (Lipinski definition) is 1. The summed E-state index contributed by atoms with van der Waals surface area (Å²) in [6, 6.07) is 7.53. The maximum atomic E-state index is 6.19. The van der Waals surface area contributed by atoms with E-state index in [0.717, 1.165) is 11.6 Å². The molecular weight excluding hydrogens is 244 g/mol. The van der Waals surface area contributed by atoms with Crippen LogP contribution in [-0.4, -0.2) is 19.1 Å². The van der Waals surface area contributed by atoms with Gasteiger partial charge in [0.05, 0.1) is 0 Å². The molecule has 0 aliphatic carbocycles. The zero-order valence-electron chi connectivity index (χ0n) is 11.5. The topological polar surface area (TPSA) is 15.3 Å². The first-order valence-corrected chi connectivity index (χ1v) is 7.26. The summed E-state index contributed by atoms with van der Waals surface area (Å²) in [5.74, 6) is 0. The molecule has 0 spiro atoms. The third-order valence-electron chi connectivity index (χ3n) is 3.95. The Balaban J connectivity index is 2.38. The van der Waals surface area contributed by atoms with Gasteiger partial charge in [-0.15, -0.1) is 0 Å². The van der Waals surface area contributed by atoms with Crippen LogP contribution in [0, 0.1) is 0 Å². The highest BCUT2D eigenvalue weighted by Crippen LogP contribution is 2.35. The first kappa shape index (κ1) is 13.7. The molecule has 1 aromatic rings. The van der Waals surface area contributed by atoms with Gasteiger partial charge in [0.2, 0.25) is 0 Å². The van der Waals surface area contributed by atoms with Crippen molar-refractivity contribution >= 4 is 17.3 Å². The van der Waals surface area contributed by atoms with Gasteiger partial charge in [0.25, 0.3) is 0 Å². The van der Waals surface area contributed by atoms with Crippen molar-refractivity contribution in [1.82, 2.24) is 5.32 Å². The summed E-state index contributed by atoms with van der Waals surface area (Å²) in [5, 5.41) is 4.08. The minimum absolute atomic E-state index is 0.615. The van der Waals surface area contributed by atoms with Gasteiger partial charge >= 0.3 is 0 Å². The van der Waals surface area contributed by atoms with Crippen LogP contribution in [-0.2, 0) is 6.54 Å².